The third kappa shape index (κ3) is 4.65. The molecule has 1 aliphatic heterocycles. The van der Waals surface area contributed by atoms with Crippen molar-refractivity contribution < 1.29 is 17.9 Å². The second-order valence-corrected chi connectivity index (χ2v) is 9.92. The monoisotopic (exact) mass is 491 g/mol. The van der Waals surface area contributed by atoms with E-state index < -0.39 is 21.3 Å². The van der Waals surface area contributed by atoms with Crippen LogP contribution in [0.3, 0.4) is 0 Å². The highest BCUT2D eigenvalue weighted by atomic mass is 32.2. The number of rotatable bonds is 9. The number of H-pyrrole nitrogens is 1. The number of hydrogen-bond acceptors (Lipinski definition) is 7. The van der Waals surface area contributed by atoms with Gasteiger partial charge in [-0.25, -0.2) is 18.2 Å². The number of ether oxygens (including phenoxy) is 2. The molecule has 3 aromatic rings. The molecule has 0 bridgehead atoms. The van der Waals surface area contributed by atoms with Gasteiger partial charge < -0.3 is 14.0 Å². The van der Waals surface area contributed by atoms with E-state index in [1.807, 2.05) is 13.8 Å². The molecule has 3 heterocycles. The Morgan fingerprint density at radius 3 is 2.44 bits per heavy atom. The molecule has 1 aromatic carbocycles. The number of sulfonamides is 1. The van der Waals surface area contributed by atoms with Gasteiger partial charge in [0.2, 0.25) is 10.0 Å². The highest BCUT2D eigenvalue weighted by Crippen LogP contribution is 2.22. The van der Waals surface area contributed by atoms with E-state index in [-0.39, 0.29) is 11.5 Å². The van der Waals surface area contributed by atoms with Gasteiger partial charge in [0.1, 0.15) is 18.2 Å². The molecule has 2 aromatic heterocycles. The van der Waals surface area contributed by atoms with Crippen LogP contribution in [0, 0.1) is 0 Å². The Balaban J connectivity index is 1.57. The number of hydrogen-bond donors (Lipinski definition) is 1. The van der Waals surface area contributed by atoms with Gasteiger partial charge in [-0.1, -0.05) is 13.3 Å². The molecule has 0 saturated carbocycles. The van der Waals surface area contributed by atoms with E-state index in [1.54, 1.807) is 16.7 Å². The lowest BCUT2D eigenvalue weighted by atomic mass is 10.3. The average molecular weight is 492 g/mol. The van der Waals surface area contributed by atoms with Crippen LogP contribution in [-0.2, 0) is 34.5 Å². The zero-order chi connectivity index (χ0) is 24.3. The quantitative estimate of drug-likeness (QED) is 0.478. The first kappa shape index (κ1) is 24.2. The lowest BCUT2D eigenvalue weighted by Gasteiger charge is -2.26. The van der Waals surface area contributed by atoms with E-state index in [0.717, 1.165) is 12.8 Å². The summed E-state index contributed by atoms with van der Waals surface area (Å²) in [5, 5.41) is 0. The second-order valence-electron chi connectivity index (χ2n) is 7.99. The summed E-state index contributed by atoms with van der Waals surface area (Å²) in [5.74, 6) is 0.969. The zero-order valence-corrected chi connectivity index (χ0v) is 20.1. The summed E-state index contributed by atoms with van der Waals surface area (Å²) in [4.78, 5) is 32.0. The van der Waals surface area contributed by atoms with Gasteiger partial charge >= 0.3 is 5.69 Å². The standard InChI is InChI=1S/C22H29N5O6S/c1-3-5-10-27-20-19(21(28)24-22(27)29)26(4-2)18(23-20)15-33-16-6-8-17(9-7-16)34(30,31)25-11-13-32-14-12-25/h6-9H,3-5,10-15H2,1-2H3,(H,24,28,29). The van der Waals surface area contributed by atoms with Crippen LogP contribution in [0.15, 0.2) is 38.8 Å². The third-order valence-corrected chi connectivity index (χ3v) is 7.73. The Labute approximate surface area is 197 Å². The van der Waals surface area contributed by atoms with E-state index in [0.29, 0.717) is 62.1 Å². The molecule has 4 rings (SSSR count). The minimum absolute atomic E-state index is 0.0550. The van der Waals surface area contributed by atoms with Crippen LogP contribution < -0.4 is 16.0 Å². The highest BCUT2D eigenvalue weighted by molar-refractivity contribution is 7.89. The SMILES string of the molecule is CCCCn1c(=O)[nH]c(=O)c2c1nc(COc1ccc(S(=O)(=O)N3CCOCC3)cc1)n2CC. The van der Waals surface area contributed by atoms with Crippen LogP contribution in [0.1, 0.15) is 32.5 Å². The van der Waals surface area contributed by atoms with Crippen molar-refractivity contribution in [1.82, 2.24) is 23.4 Å². The fraction of sp³-hybridized carbons (Fsp3) is 0.500. The number of fused-ring (bicyclic) bond motifs is 1. The predicted molar refractivity (Wildman–Crippen MR) is 126 cm³/mol. The first-order chi connectivity index (χ1) is 16.4. The Bertz CT molecular complexity index is 1370. The molecular weight excluding hydrogens is 462 g/mol. The Morgan fingerprint density at radius 1 is 1.09 bits per heavy atom. The van der Waals surface area contributed by atoms with Crippen LogP contribution in [0.25, 0.3) is 11.2 Å². The Hall–Kier alpha value is -2.96. The fourth-order valence-corrected chi connectivity index (χ4v) is 5.39. The largest absolute Gasteiger partial charge is 0.486 e. The molecule has 0 unspecified atom stereocenters. The first-order valence-electron chi connectivity index (χ1n) is 11.4. The molecule has 0 radical (unpaired) electrons. The molecule has 1 saturated heterocycles. The summed E-state index contributed by atoms with van der Waals surface area (Å²) < 4.78 is 41.3. The number of aromatic amines is 1. The van der Waals surface area contributed by atoms with Gasteiger partial charge in [0.25, 0.3) is 5.56 Å². The van der Waals surface area contributed by atoms with Crippen molar-refractivity contribution in [2.24, 2.45) is 0 Å². The number of aromatic nitrogens is 4. The van der Waals surface area contributed by atoms with Crippen molar-refractivity contribution in [3.63, 3.8) is 0 Å². The van der Waals surface area contributed by atoms with Gasteiger partial charge in [-0.15, -0.1) is 0 Å². The lowest BCUT2D eigenvalue weighted by molar-refractivity contribution is 0.0730. The number of unbranched alkanes of at least 4 members (excludes halogenated alkanes) is 1. The number of morpholine rings is 1. The van der Waals surface area contributed by atoms with Crippen molar-refractivity contribution in [3.05, 3.63) is 50.9 Å². The molecule has 34 heavy (non-hydrogen) atoms. The van der Waals surface area contributed by atoms with Gasteiger partial charge in [0.05, 0.1) is 18.1 Å². The molecule has 11 nitrogen and oxygen atoms in total. The van der Waals surface area contributed by atoms with E-state index in [9.17, 15) is 18.0 Å². The van der Waals surface area contributed by atoms with Crippen molar-refractivity contribution in [3.8, 4) is 5.75 Å². The van der Waals surface area contributed by atoms with E-state index in [2.05, 4.69) is 9.97 Å². The van der Waals surface area contributed by atoms with Crippen molar-refractivity contribution in [1.29, 1.82) is 0 Å². The van der Waals surface area contributed by atoms with Gasteiger partial charge in [0, 0.05) is 26.2 Å². The molecule has 0 atom stereocenters. The minimum atomic E-state index is -3.58. The third-order valence-electron chi connectivity index (χ3n) is 5.82. The van der Waals surface area contributed by atoms with Crippen LogP contribution in [0.2, 0.25) is 0 Å². The first-order valence-corrected chi connectivity index (χ1v) is 12.8. The maximum absolute atomic E-state index is 12.8. The van der Waals surface area contributed by atoms with Gasteiger partial charge in [-0.3, -0.25) is 14.3 Å². The number of nitrogens with one attached hydrogen (secondary N) is 1. The average Bonchev–Trinajstić information content (AvgIpc) is 3.22. The molecule has 0 aliphatic carbocycles. The summed E-state index contributed by atoms with van der Waals surface area (Å²) in [5.41, 5.74) is -0.277. The smallest absolute Gasteiger partial charge is 0.330 e. The molecule has 12 heteroatoms. The second kappa shape index (κ2) is 10.1. The predicted octanol–water partition coefficient (Wildman–Crippen LogP) is 1.31. The van der Waals surface area contributed by atoms with Crippen molar-refractivity contribution in [2.45, 2.75) is 51.3 Å². The van der Waals surface area contributed by atoms with Crippen molar-refractivity contribution >= 4 is 21.2 Å². The molecule has 1 N–H and O–H groups in total. The summed E-state index contributed by atoms with van der Waals surface area (Å²) in [6.07, 6.45) is 1.68. The summed E-state index contributed by atoms with van der Waals surface area (Å²) >= 11 is 0. The molecule has 0 amide bonds. The van der Waals surface area contributed by atoms with E-state index in [1.165, 1.54) is 21.0 Å². The number of nitrogens with zero attached hydrogens (tertiary/aromatic N) is 4. The van der Waals surface area contributed by atoms with Gasteiger partial charge in [-0.05, 0) is 37.6 Å². The molecule has 1 aliphatic rings. The van der Waals surface area contributed by atoms with Crippen LogP contribution in [0.4, 0.5) is 0 Å². The van der Waals surface area contributed by atoms with Gasteiger partial charge in [0.15, 0.2) is 11.2 Å². The number of aryl methyl sites for hydroxylation is 2. The number of benzene rings is 1. The van der Waals surface area contributed by atoms with Crippen LogP contribution >= 0.6 is 0 Å². The molecule has 0 spiro atoms. The fourth-order valence-electron chi connectivity index (χ4n) is 3.98. The normalized spacial score (nSPS) is 15.1. The summed E-state index contributed by atoms with van der Waals surface area (Å²) in [7, 11) is -3.58. The minimum Gasteiger partial charge on any atom is -0.486 e. The van der Waals surface area contributed by atoms with E-state index >= 15 is 0 Å². The van der Waals surface area contributed by atoms with Crippen LogP contribution in [-0.4, -0.2) is 58.1 Å². The van der Waals surface area contributed by atoms with Crippen LogP contribution in [0.5, 0.6) is 5.75 Å². The number of imidazole rings is 1. The highest BCUT2D eigenvalue weighted by Gasteiger charge is 2.26. The van der Waals surface area contributed by atoms with E-state index in [4.69, 9.17) is 9.47 Å². The Morgan fingerprint density at radius 2 is 1.79 bits per heavy atom. The molecular formula is C22H29N5O6S. The zero-order valence-electron chi connectivity index (χ0n) is 19.3. The summed E-state index contributed by atoms with van der Waals surface area (Å²) in [6, 6.07) is 6.21. The van der Waals surface area contributed by atoms with Crippen molar-refractivity contribution in [2.75, 3.05) is 26.3 Å². The van der Waals surface area contributed by atoms with Gasteiger partial charge in [-0.2, -0.15) is 4.31 Å². The summed E-state index contributed by atoms with van der Waals surface area (Å²) in [6.45, 7) is 6.32. The lowest BCUT2D eigenvalue weighted by Crippen LogP contribution is -2.40. The molecule has 184 valence electrons. The maximum atomic E-state index is 12.8. The maximum Gasteiger partial charge on any atom is 0.330 e. The topological polar surface area (TPSA) is 129 Å². The Kier molecular flexibility index (Phi) is 7.19. The molecule has 1 fully saturated rings.